The molecule has 5 heterocycles. The lowest BCUT2D eigenvalue weighted by Crippen LogP contribution is -2.48. The summed E-state index contributed by atoms with van der Waals surface area (Å²) in [4.78, 5) is 12.0. The highest BCUT2D eigenvalue weighted by molar-refractivity contribution is 5.61. The normalized spacial score (nSPS) is 16.4. The number of nitrogens with zero attached hydrogens (tertiary/aromatic N) is 7. The van der Waals surface area contributed by atoms with Gasteiger partial charge in [-0.3, -0.25) is 14.5 Å². The third-order valence-electron chi connectivity index (χ3n) is 13.8. The Morgan fingerprint density at radius 3 is 1.28 bits per heavy atom. The molecule has 1 unspecified atom stereocenters. The van der Waals surface area contributed by atoms with Crippen LogP contribution in [-0.2, 0) is 0 Å². The number of imidazole rings is 1. The van der Waals surface area contributed by atoms with E-state index in [9.17, 15) is 0 Å². The molecule has 3 saturated heterocycles. The van der Waals surface area contributed by atoms with Crippen molar-refractivity contribution in [3.8, 4) is 22.4 Å². The van der Waals surface area contributed by atoms with Crippen molar-refractivity contribution >= 4 is 0 Å². The van der Waals surface area contributed by atoms with E-state index in [0.717, 1.165) is 23.4 Å². The van der Waals surface area contributed by atoms with E-state index in [4.69, 9.17) is 0 Å². The predicted octanol–water partition coefficient (Wildman–Crippen LogP) is 14.4. The average molecular weight is 926 g/mol. The lowest BCUT2D eigenvalue weighted by atomic mass is 9.90. The third-order valence-corrected chi connectivity index (χ3v) is 13.8. The van der Waals surface area contributed by atoms with Crippen LogP contribution in [0.4, 0.5) is 0 Å². The Morgan fingerprint density at radius 1 is 0.420 bits per heavy atom. The van der Waals surface area contributed by atoms with Crippen molar-refractivity contribution in [3.05, 3.63) is 193 Å². The van der Waals surface area contributed by atoms with Crippen molar-refractivity contribution < 1.29 is 0 Å². The van der Waals surface area contributed by atoms with Gasteiger partial charge in [0.1, 0.15) is 0 Å². The SMILES string of the molecule is CC(C)N1CC(c2ccccc2)C1.CC(C)N1CCC(c2ccccc2)C1.CC(C)n1cc(-c2ccccc2)cn1.CC(C)n1cnc(-c2ccccc2)c1.Cc1ccc(C2CN(C(C)C)C2)cc1. The Balaban J connectivity index is 0.000000142. The lowest BCUT2D eigenvalue weighted by molar-refractivity contribution is 0.110. The molecule has 366 valence electrons. The van der Waals surface area contributed by atoms with Crippen molar-refractivity contribution in [2.24, 2.45) is 0 Å². The number of benzene rings is 5. The van der Waals surface area contributed by atoms with E-state index in [1.165, 1.54) is 84.6 Å². The minimum Gasteiger partial charge on any atom is -0.334 e. The number of hydrogen-bond acceptors (Lipinski definition) is 5. The topological polar surface area (TPSA) is 45.4 Å². The van der Waals surface area contributed by atoms with Gasteiger partial charge in [0.05, 0.1) is 18.2 Å². The summed E-state index contributed by atoms with van der Waals surface area (Å²) in [5, 5.41) is 4.31. The van der Waals surface area contributed by atoms with Crippen molar-refractivity contribution in [1.29, 1.82) is 0 Å². The molecule has 0 saturated carbocycles. The third kappa shape index (κ3) is 16.0. The lowest BCUT2D eigenvalue weighted by Gasteiger charge is -2.42. The fourth-order valence-corrected chi connectivity index (χ4v) is 8.88. The molecule has 10 rings (SSSR count). The van der Waals surface area contributed by atoms with Gasteiger partial charge in [0.2, 0.25) is 0 Å². The first-order valence-corrected chi connectivity index (χ1v) is 25.8. The van der Waals surface area contributed by atoms with E-state index in [-0.39, 0.29) is 0 Å². The zero-order chi connectivity index (χ0) is 49.3. The van der Waals surface area contributed by atoms with Crippen LogP contribution < -0.4 is 0 Å². The van der Waals surface area contributed by atoms with E-state index >= 15 is 0 Å². The van der Waals surface area contributed by atoms with Gasteiger partial charge in [0, 0.05) is 98.3 Å². The molecule has 0 radical (unpaired) electrons. The van der Waals surface area contributed by atoms with E-state index in [2.05, 4.69) is 227 Å². The standard InChI is InChI=1S/2C13H19N.2C12H14N2.C12H17N/c1-10(2)14-8-13(9-14)12-6-4-11(3)5-7-12;1-11(2)14-9-8-13(10-14)12-6-4-3-5-7-12;1-10(2)14-8-12(13-9-14)11-6-4-3-5-7-11;1-10(2)14-9-12(8-13-14)11-6-4-3-5-7-11;1-10(2)13-8-12(9-13)11-6-4-3-5-7-11/h4-7,10,13H,8-9H2,1-3H3;3-7,11,13H,8-10H2,1-2H3;2*3-10H,1-2H3;3-7,10,12H,8-9H2,1-2H3. The summed E-state index contributed by atoms with van der Waals surface area (Å²) in [5.74, 6) is 2.32. The second-order valence-corrected chi connectivity index (χ2v) is 20.6. The van der Waals surface area contributed by atoms with Gasteiger partial charge in [-0.25, -0.2) is 4.98 Å². The molecule has 5 aromatic carbocycles. The molecular formula is C62H83N7. The highest BCUT2D eigenvalue weighted by Crippen LogP contribution is 2.30. The summed E-state index contributed by atoms with van der Waals surface area (Å²) in [5.41, 5.74) is 10.5. The number of likely N-dealkylation sites (tertiary alicyclic amines) is 3. The average Bonchev–Trinajstić information content (AvgIpc) is 4.14. The fraction of sp³-hybridized carbons (Fsp3) is 0.419. The molecule has 7 nitrogen and oxygen atoms in total. The van der Waals surface area contributed by atoms with Gasteiger partial charge < -0.3 is 9.47 Å². The fourth-order valence-electron chi connectivity index (χ4n) is 8.88. The minimum absolute atomic E-state index is 0.424. The van der Waals surface area contributed by atoms with Crippen LogP contribution in [0, 0.1) is 6.92 Å². The van der Waals surface area contributed by atoms with Crippen LogP contribution in [0.2, 0.25) is 0 Å². The second kappa shape index (κ2) is 26.4. The Hall–Kier alpha value is -5.60. The molecule has 0 amide bonds. The Bertz CT molecular complexity index is 2360. The summed E-state index contributed by atoms with van der Waals surface area (Å²) in [7, 11) is 0. The van der Waals surface area contributed by atoms with E-state index in [1.807, 2.05) is 53.6 Å². The quantitative estimate of drug-likeness (QED) is 0.137. The summed E-state index contributed by atoms with van der Waals surface area (Å²) < 4.78 is 4.09. The second-order valence-electron chi connectivity index (χ2n) is 20.6. The van der Waals surface area contributed by atoms with Crippen molar-refractivity contribution in [3.63, 3.8) is 0 Å². The first-order chi connectivity index (χ1) is 33.2. The van der Waals surface area contributed by atoms with E-state index in [0.29, 0.717) is 30.2 Å². The molecule has 3 fully saturated rings. The molecular weight excluding hydrogens is 843 g/mol. The summed E-state index contributed by atoms with van der Waals surface area (Å²) >= 11 is 0. The Kier molecular flexibility index (Phi) is 20.2. The van der Waals surface area contributed by atoms with Crippen LogP contribution in [0.3, 0.4) is 0 Å². The van der Waals surface area contributed by atoms with Gasteiger partial charge in [-0.1, -0.05) is 151 Å². The largest absolute Gasteiger partial charge is 0.334 e. The molecule has 3 aliphatic heterocycles. The Labute approximate surface area is 417 Å². The molecule has 0 aliphatic carbocycles. The van der Waals surface area contributed by atoms with Crippen molar-refractivity contribution in [1.82, 2.24) is 34.0 Å². The van der Waals surface area contributed by atoms with Gasteiger partial charge in [0.25, 0.3) is 0 Å². The van der Waals surface area contributed by atoms with Gasteiger partial charge in [-0.05, 0) is 117 Å². The molecule has 7 aromatic rings. The molecule has 1 atom stereocenters. The zero-order valence-electron chi connectivity index (χ0n) is 43.9. The maximum absolute atomic E-state index is 4.37. The van der Waals surface area contributed by atoms with Crippen LogP contribution in [0.25, 0.3) is 22.4 Å². The first kappa shape index (κ1) is 52.8. The van der Waals surface area contributed by atoms with Crippen LogP contribution in [-0.4, -0.2) is 91.4 Å². The molecule has 2 aromatic heterocycles. The van der Waals surface area contributed by atoms with Gasteiger partial charge >= 0.3 is 0 Å². The summed E-state index contributed by atoms with van der Waals surface area (Å²) in [6.45, 7) is 31.8. The minimum atomic E-state index is 0.424. The molecule has 0 N–H and O–H groups in total. The summed E-state index contributed by atoms with van der Waals surface area (Å²) in [6.07, 6.45) is 9.28. The van der Waals surface area contributed by atoms with Gasteiger partial charge in [-0.15, -0.1) is 0 Å². The Morgan fingerprint density at radius 2 is 0.855 bits per heavy atom. The monoisotopic (exact) mass is 926 g/mol. The highest BCUT2D eigenvalue weighted by Gasteiger charge is 2.30. The molecule has 0 spiro atoms. The van der Waals surface area contributed by atoms with Crippen LogP contribution in [0.5, 0.6) is 0 Å². The van der Waals surface area contributed by atoms with Crippen LogP contribution in [0.1, 0.15) is 128 Å². The molecule has 7 heteroatoms. The van der Waals surface area contributed by atoms with Crippen LogP contribution >= 0.6 is 0 Å². The van der Waals surface area contributed by atoms with Gasteiger partial charge in [-0.2, -0.15) is 5.10 Å². The number of hydrogen-bond donors (Lipinski definition) is 0. The maximum Gasteiger partial charge on any atom is 0.0956 e. The summed E-state index contributed by atoms with van der Waals surface area (Å²) in [6, 6.07) is 54.3. The van der Waals surface area contributed by atoms with E-state index in [1.54, 1.807) is 0 Å². The number of rotatable bonds is 10. The van der Waals surface area contributed by atoms with E-state index < -0.39 is 0 Å². The maximum atomic E-state index is 4.37. The van der Waals surface area contributed by atoms with Gasteiger partial charge in [0.15, 0.2) is 0 Å². The van der Waals surface area contributed by atoms with Crippen LogP contribution in [0.15, 0.2) is 171 Å². The number of aromatic nitrogens is 4. The number of aryl methyl sites for hydroxylation is 1. The highest BCUT2D eigenvalue weighted by atomic mass is 15.3. The molecule has 3 aliphatic rings. The first-order valence-electron chi connectivity index (χ1n) is 25.8. The molecule has 69 heavy (non-hydrogen) atoms. The van der Waals surface area contributed by atoms with Crippen molar-refractivity contribution in [2.45, 2.75) is 131 Å². The van der Waals surface area contributed by atoms with Crippen molar-refractivity contribution in [2.75, 3.05) is 39.3 Å². The smallest absolute Gasteiger partial charge is 0.0956 e. The predicted molar refractivity (Wildman–Crippen MR) is 293 cm³/mol. The zero-order valence-corrected chi connectivity index (χ0v) is 43.9. The molecule has 0 bridgehead atoms.